The molecule has 2 aromatic rings. The van der Waals surface area contributed by atoms with Gasteiger partial charge in [0.05, 0.1) is 5.39 Å². The Morgan fingerprint density at radius 3 is 2.64 bits per heavy atom. The third-order valence-corrected chi connectivity index (χ3v) is 2.38. The molecule has 6 heteroatoms. The van der Waals surface area contributed by atoms with Gasteiger partial charge in [0.1, 0.15) is 0 Å². The minimum Gasteiger partial charge on any atom is -0.356 e. The molecule has 0 aliphatic rings. The third kappa shape index (κ3) is 1.39. The van der Waals surface area contributed by atoms with E-state index in [2.05, 4.69) is 25.6 Å². The first-order valence-corrected chi connectivity index (χ1v) is 4.40. The van der Waals surface area contributed by atoms with Gasteiger partial charge in [-0.15, -0.1) is 0 Å². The molecular weight excluding hydrogens is 263 g/mol. The minimum atomic E-state index is -4.49. The van der Waals surface area contributed by atoms with Gasteiger partial charge in [-0.1, -0.05) is 11.2 Å². The molecule has 0 fully saturated rings. The van der Waals surface area contributed by atoms with Crippen LogP contribution in [0, 0.1) is 0 Å². The van der Waals surface area contributed by atoms with Crippen LogP contribution in [0.25, 0.3) is 11.0 Å². The first-order chi connectivity index (χ1) is 6.50. The van der Waals surface area contributed by atoms with E-state index >= 15 is 0 Å². The molecule has 0 aliphatic carbocycles. The van der Waals surface area contributed by atoms with Gasteiger partial charge < -0.3 is 4.52 Å². The lowest BCUT2D eigenvalue weighted by Crippen LogP contribution is -2.05. The van der Waals surface area contributed by atoms with Crippen LogP contribution in [-0.4, -0.2) is 5.16 Å². The van der Waals surface area contributed by atoms with E-state index < -0.39 is 11.9 Å². The number of aromatic nitrogens is 1. The maximum Gasteiger partial charge on any atom is 0.437 e. The number of rotatable bonds is 0. The van der Waals surface area contributed by atoms with Crippen LogP contribution in [0.2, 0.25) is 0 Å². The van der Waals surface area contributed by atoms with Crippen molar-refractivity contribution in [3.05, 3.63) is 28.4 Å². The standard InChI is InChI=1S/C8H3BrF3NO/c9-4-2-1-3-5-6(4)7(13-14-5)8(10,11)12/h1-3H. The van der Waals surface area contributed by atoms with Gasteiger partial charge in [-0.3, -0.25) is 0 Å². The van der Waals surface area contributed by atoms with Gasteiger partial charge in [0.25, 0.3) is 0 Å². The van der Waals surface area contributed by atoms with E-state index in [4.69, 9.17) is 0 Å². The molecule has 2 rings (SSSR count). The zero-order chi connectivity index (χ0) is 10.3. The molecule has 0 spiro atoms. The van der Waals surface area contributed by atoms with Crippen molar-refractivity contribution >= 4 is 26.9 Å². The zero-order valence-electron chi connectivity index (χ0n) is 6.60. The Bertz CT molecular complexity index is 477. The number of benzene rings is 1. The summed E-state index contributed by atoms with van der Waals surface area (Å²) in [5, 5.41) is 2.96. The fraction of sp³-hybridized carbons (Fsp3) is 0.125. The fourth-order valence-electron chi connectivity index (χ4n) is 1.14. The Labute approximate surface area is 84.8 Å². The topological polar surface area (TPSA) is 26.0 Å². The predicted molar refractivity (Wildman–Crippen MR) is 46.7 cm³/mol. The maximum absolute atomic E-state index is 12.4. The predicted octanol–water partition coefficient (Wildman–Crippen LogP) is 3.61. The van der Waals surface area contributed by atoms with Crippen LogP contribution < -0.4 is 0 Å². The van der Waals surface area contributed by atoms with Gasteiger partial charge in [0.2, 0.25) is 0 Å². The molecule has 1 heterocycles. The molecule has 1 aromatic carbocycles. The molecule has 74 valence electrons. The number of fused-ring (bicyclic) bond motifs is 1. The number of hydrogen-bond donors (Lipinski definition) is 0. The fourth-order valence-corrected chi connectivity index (χ4v) is 1.68. The zero-order valence-corrected chi connectivity index (χ0v) is 8.19. The van der Waals surface area contributed by atoms with Gasteiger partial charge in [-0.25, -0.2) is 0 Å². The molecule has 2 nitrogen and oxygen atoms in total. The molecule has 0 bridgehead atoms. The van der Waals surface area contributed by atoms with Crippen molar-refractivity contribution in [3.8, 4) is 0 Å². The van der Waals surface area contributed by atoms with E-state index in [9.17, 15) is 13.2 Å². The third-order valence-electron chi connectivity index (χ3n) is 1.72. The van der Waals surface area contributed by atoms with Crippen molar-refractivity contribution in [3.63, 3.8) is 0 Å². The summed E-state index contributed by atoms with van der Waals surface area (Å²) in [6, 6.07) is 4.52. The first kappa shape index (κ1) is 9.51. The summed E-state index contributed by atoms with van der Waals surface area (Å²) in [5.41, 5.74) is -0.883. The molecule has 0 amide bonds. The van der Waals surface area contributed by atoms with E-state index in [1.54, 1.807) is 6.07 Å². The second kappa shape index (κ2) is 2.98. The summed E-state index contributed by atoms with van der Waals surface area (Å²) in [5.74, 6) is 0. The molecule has 0 N–H and O–H groups in total. The van der Waals surface area contributed by atoms with Crippen LogP contribution >= 0.6 is 15.9 Å². The highest BCUT2D eigenvalue weighted by molar-refractivity contribution is 9.10. The largest absolute Gasteiger partial charge is 0.437 e. The second-order valence-electron chi connectivity index (χ2n) is 2.64. The van der Waals surface area contributed by atoms with Crippen LogP contribution in [0.5, 0.6) is 0 Å². The quantitative estimate of drug-likeness (QED) is 0.728. The monoisotopic (exact) mass is 265 g/mol. The van der Waals surface area contributed by atoms with Crippen molar-refractivity contribution in [2.24, 2.45) is 0 Å². The van der Waals surface area contributed by atoms with Crippen LogP contribution in [0.3, 0.4) is 0 Å². The summed E-state index contributed by atoms with van der Waals surface area (Å²) >= 11 is 3.02. The van der Waals surface area contributed by atoms with Crippen LogP contribution in [0.1, 0.15) is 5.69 Å². The molecule has 1 aromatic heterocycles. The van der Waals surface area contributed by atoms with Crippen molar-refractivity contribution in [1.82, 2.24) is 5.16 Å². The smallest absolute Gasteiger partial charge is 0.356 e. The number of halogens is 4. The molecule has 0 saturated carbocycles. The lowest BCUT2D eigenvalue weighted by Gasteiger charge is -2.01. The maximum atomic E-state index is 12.4. The summed E-state index contributed by atoms with van der Waals surface area (Å²) < 4.78 is 42.0. The lowest BCUT2D eigenvalue weighted by atomic mass is 10.2. The van der Waals surface area contributed by atoms with Gasteiger partial charge in [-0.05, 0) is 28.1 Å². The summed E-state index contributed by atoms with van der Waals surface area (Å²) in [4.78, 5) is 0. The van der Waals surface area contributed by atoms with E-state index in [1.807, 2.05) is 0 Å². The van der Waals surface area contributed by atoms with E-state index in [1.165, 1.54) is 12.1 Å². The molecular formula is C8H3BrF3NO. The van der Waals surface area contributed by atoms with Gasteiger partial charge in [0, 0.05) is 4.47 Å². The average molecular weight is 266 g/mol. The number of alkyl halides is 3. The highest BCUT2D eigenvalue weighted by Crippen LogP contribution is 2.37. The molecule has 0 unspecified atom stereocenters. The summed E-state index contributed by atoms with van der Waals surface area (Å²) in [6.07, 6.45) is -4.49. The molecule has 0 aliphatic heterocycles. The normalized spacial score (nSPS) is 12.3. The van der Waals surface area contributed by atoms with Crippen LogP contribution in [-0.2, 0) is 6.18 Å². The van der Waals surface area contributed by atoms with E-state index in [-0.39, 0.29) is 11.0 Å². The van der Waals surface area contributed by atoms with Crippen molar-refractivity contribution in [1.29, 1.82) is 0 Å². The first-order valence-electron chi connectivity index (χ1n) is 3.61. The Morgan fingerprint density at radius 1 is 1.29 bits per heavy atom. The average Bonchev–Trinajstić information content (AvgIpc) is 2.47. The highest BCUT2D eigenvalue weighted by Gasteiger charge is 2.37. The minimum absolute atomic E-state index is 0.0417. The summed E-state index contributed by atoms with van der Waals surface area (Å²) in [6.45, 7) is 0. The number of nitrogens with zero attached hydrogens (tertiary/aromatic N) is 1. The second-order valence-corrected chi connectivity index (χ2v) is 3.50. The summed E-state index contributed by atoms with van der Waals surface area (Å²) in [7, 11) is 0. The molecule has 14 heavy (non-hydrogen) atoms. The molecule has 0 atom stereocenters. The Hall–Kier alpha value is -1.04. The van der Waals surface area contributed by atoms with Crippen LogP contribution in [0.4, 0.5) is 13.2 Å². The Balaban J connectivity index is 2.80. The van der Waals surface area contributed by atoms with Crippen molar-refractivity contribution < 1.29 is 17.7 Å². The van der Waals surface area contributed by atoms with Gasteiger partial charge in [-0.2, -0.15) is 13.2 Å². The van der Waals surface area contributed by atoms with E-state index in [0.29, 0.717) is 4.47 Å². The highest BCUT2D eigenvalue weighted by atomic mass is 79.9. The van der Waals surface area contributed by atoms with Gasteiger partial charge >= 0.3 is 6.18 Å². The SMILES string of the molecule is FC(F)(F)c1noc2cccc(Br)c12. The Kier molecular flexibility index (Phi) is 2.02. The lowest BCUT2D eigenvalue weighted by molar-refractivity contribution is -0.141. The van der Waals surface area contributed by atoms with Gasteiger partial charge in [0.15, 0.2) is 11.3 Å². The van der Waals surface area contributed by atoms with E-state index in [0.717, 1.165) is 0 Å². The molecule has 0 saturated heterocycles. The van der Waals surface area contributed by atoms with Crippen molar-refractivity contribution in [2.45, 2.75) is 6.18 Å². The number of hydrogen-bond acceptors (Lipinski definition) is 2. The van der Waals surface area contributed by atoms with Crippen molar-refractivity contribution in [2.75, 3.05) is 0 Å². The Morgan fingerprint density at radius 2 is 2.00 bits per heavy atom. The molecule has 0 radical (unpaired) electrons. The van der Waals surface area contributed by atoms with Crippen LogP contribution in [0.15, 0.2) is 27.2 Å².